The minimum absolute atomic E-state index is 0.0775. The van der Waals surface area contributed by atoms with Crippen LogP contribution in [-0.4, -0.2) is 45.2 Å². The van der Waals surface area contributed by atoms with Crippen LogP contribution >= 0.6 is 0 Å². The first-order chi connectivity index (χ1) is 14.1. The van der Waals surface area contributed by atoms with Gasteiger partial charge in [-0.1, -0.05) is 0 Å². The number of anilines is 2. The Morgan fingerprint density at radius 3 is 3.14 bits per heavy atom. The molecule has 1 saturated heterocycles. The minimum atomic E-state index is -0.494. The molecule has 1 amide bonds. The summed E-state index contributed by atoms with van der Waals surface area (Å²) in [4.78, 5) is 29.3. The third kappa shape index (κ3) is 3.01. The third-order valence-corrected chi connectivity index (χ3v) is 5.24. The molecule has 10 nitrogen and oxygen atoms in total. The zero-order valence-corrected chi connectivity index (χ0v) is 16.0. The highest BCUT2D eigenvalue weighted by Gasteiger charge is 2.31. The number of amides is 1. The molecule has 2 aliphatic heterocycles. The molecule has 1 atom stereocenters. The number of ether oxygens (including phenoxy) is 1. The van der Waals surface area contributed by atoms with Gasteiger partial charge in [-0.2, -0.15) is 0 Å². The van der Waals surface area contributed by atoms with Crippen molar-refractivity contribution in [3.63, 3.8) is 0 Å². The maximum atomic E-state index is 12.6. The average Bonchev–Trinajstić information content (AvgIpc) is 3.31. The van der Waals surface area contributed by atoms with E-state index in [9.17, 15) is 4.79 Å². The van der Waals surface area contributed by atoms with E-state index in [1.165, 1.54) is 4.52 Å². The second-order valence-electron chi connectivity index (χ2n) is 7.20. The molecule has 0 spiro atoms. The Kier molecular flexibility index (Phi) is 4.20. The number of fused-ring (bicyclic) bond motifs is 5. The van der Waals surface area contributed by atoms with Gasteiger partial charge in [0.05, 0.1) is 6.04 Å². The summed E-state index contributed by atoms with van der Waals surface area (Å²) < 4.78 is 7.38. The van der Waals surface area contributed by atoms with Gasteiger partial charge in [0.25, 0.3) is 5.91 Å². The van der Waals surface area contributed by atoms with Crippen molar-refractivity contribution in [3.8, 4) is 5.88 Å². The number of carbonyl (C=O) groups is 1. The van der Waals surface area contributed by atoms with Crippen LogP contribution in [0.3, 0.4) is 0 Å². The number of hydrogen-bond acceptors (Lipinski definition) is 8. The van der Waals surface area contributed by atoms with Gasteiger partial charge in [0.2, 0.25) is 5.88 Å². The van der Waals surface area contributed by atoms with Crippen LogP contribution in [0.5, 0.6) is 5.88 Å². The van der Waals surface area contributed by atoms with Gasteiger partial charge in [-0.15, -0.1) is 5.10 Å². The number of rotatable bonds is 0. The summed E-state index contributed by atoms with van der Waals surface area (Å²) in [7, 11) is 0. The number of pyridine rings is 1. The van der Waals surface area contributed by atoms with Crippen LogP contribution in [0.15, 0.2) is 24.5 Å². The second kappa shape index (κ2) is 6.89. The summed E-state index contributed by atoms with van der Waals surface area (Å²) in [5, 5.41) is 4.19. The number of nitrogens with zero attached hydrogens (tertiary/aromatic N) is 5. The Bertz CT molecular complexity index is 1100. The topological polar surface area (TPSA) is 120 Å². The van der Waals surface area contributed by atoms with Crippen LogP contribution in [0.2, 0.25) is 0 Å². The Labute approximate surface area is 166 Å². The van der Waals surface area contributed by atoms with Crippen molar-refractivity contribution < 1.29 is 14.4 Å². The van der Waals surface area contributed by atoms with E-state index in [2.05, 4.69) is 26.5 Å². The molecule has 150 valence electrons. The lowest BCUT2D eigenvalue weighted by Gasteiger charge is -2.27. The number of nitrogens with one attached hydrogen (secondary N) is 1. The van der Waals surface area contributed by atoms with Crippen molar-refractivity contribution in [1.29, 1.82) is 0 Å². The van der Waals surface area contributed by atoms with Crippen molar-refractivity contribution in [2.45, 2.75) is 25.8 Å². The van der Waals surface area contributed by atoms with Crippen LogP contribution in [0.25, 0.3) is 5.65 Å². The number of carbonyl (C=O) groups excluding carboxylic acids is 1. The van der Waals surface area contributed by atoms with Crippen LogP contribution in [0, 0.1) is 6.92 Å². The van der Waals surface area contributed by atoms with E-state index in [0.29, 0.717) is 11.5 Å². The predicted octanol–water partition coefficient (Wildman–Crippen LogP) is 1.41. The molecule has 10 heteroatoms. The number of aryl methyl sites for hydroxylation is 1. The Morgan fingerprint density at radius 2 is 2.24 bits per heavy atom. The molecule has 0 radical (unpaired) electrons. The summed E-state index contributed by atoms with van der Waals surface area (Å²) in [5.74, 6) is 0.933. The largest absolute Gasteiger partial charge is 0.475 e. The van der Waals surface area contributed by atoms with Gasteiger partial charge in [0.1, 0.15) is 24.6 Å². The summed E-state index contributed by atoms with van der Waals surface area (Å²) in [6, 6.07) is 4.07. The Morgan fingerprint density at radius 1 is 1.34 bits per heavy atom. The highest BCUT2D eigenvalue weighted by Crippen LogP contribution is 2.39. The van der Waals surface area contributed by atoms with E-state index < -0.39 is 5.91 Å². The second-order valence-corrected chi connectivity index (χ2v) is 7.20. The molecule has 0 saturated carbocycles. The summed E-state index contributed by atoms with van der Waals surface area (Å²) >= 11 is 0. The normalized spacial score (nSPS) is 19.4. The van der Waals surface area contributed by atoms with Gasteiger partial charge in [-0.25, -0.2) is 20.0 Å². The van der Waals surface area contributed by atoms with E-state index >= 15 is 0 Å². The van der Waals surface area contributed by atoms with Crippen molar-refractivity contribution in [1.82, 2.24) is 25.1 Å². The molecule has 3 aromatic rings. The molecule has 29 heavy (non-hydrogen) atoms. The average molecular weight is 395 g/mol. The fourth-order valence-electron chi connectivity index (χ4n) is 3.96. The highest BCUT2D eigenvalue weighted by atomic mass is 16.7. The Hall–Kier alpha value is -3.40. The number of hydroxylamine groups is 1. The lowest BCUT2D eigenvalue weighted by atomic mass is 10.0. The fourth-order valence-corrected chi connectivity index (χ4v) is 3.96. The molecule has 0 aliphatic carbocycles. The number of nitrogens with two attached hydrogens (primary N) is 1. The molecule has 2 aliphatic rings. The number of aromatic nitrogens is 4. The molecule has 5 rings (SSSR count). The van der Waals surface area contributed by atoms with Gasteiger partial charge in [0.15, 0.2) is 11.5 Å². The van der Waals surface area contributed by atoms with Gasteiger partial charge in [-0.05, 0) is 37.5 Å². The maximum absolute atomic E-state index is 12.6. The first kappa shape index (κ1) is 17.7. The minimum Gasteiger partial charge on any atom is -0.475 e. The summed E-state index contributed by atoms with van der Waals surface area (Å²) in [6.07, 6.45) is 5.52. The SMILES string of the molecule is Cc1cnc2c(c1)C1CCCN1c1ccn3nc(N)c(c3n1)C(=O)NOCCO2. The zero-order chi connectivity index (χ0) is 20.0. The van der Waals surface area contributed by atoms with Crippen LogP contribution in [0.1, 0.15) is 40.4 Å². The number of nitrogen functional groups attached to an aromatic ring is 1. The Balaban J connectivity index is 1.67. The number of hydrogen-bond donors (Lipinski definition) is 2. The molecule has 2 bridgehead atoms. The first-order valence-corrected chi connectivity index (χ1v) is 9.55. The van der Waals surface area contributed by atoms with E-state index in [0.717, 1.165) is 36.3 Å². The molecule has 1 unspecified atom stereocenters. The highest BCUT2D eigenvalue weighted by molar-refractivity contribution is 6.03. The van der Waals surface area contributed by atoms with Crippen molar-refractivity contribution >= 4 is 23.2 Å². The fraction of sp³-hybridized carbons (Fsp3) is 0.368. The van der Waals surface area contributed by atoms with Gasteiger partial charge in [0, 0.05) is 24.5 Å². The van der Waals surface area contributed by atoms with Crippen LogP contribution in [0.4, 0.5) is 11.6 Å². The monoisotopic (exact) mass is 395 g/mol. The van der Waals surface area contributed by atoms with Gasteiger partial charge < -0.3 is 15.4 Å². The molecular formula is C19H21N7O3. The molecule has 3 N–H and O–H groups in total. The van der Waals surface area contributed by atoms with Gasteiger partial charge in [-0.3, -0.25) is 9.63 Å². The lowest BCUT2D eigenvalue weighted by molar-refractivity contribution is 0.0195. The van der Waals surface area contributed by atoms with Gasteiger partial charge >= 0.3 is 0 Å². The van der Waals surface area contributed by atoms with Crippen LogP contribution < -0.4 is 20.9 Å². The van der Waals surface area contributed by atoms with Crippen molar-refractivity contribution in [2.75, 3.05) is 30.4 Å². The first-order valence-electron chi connectivity index (χ1n) is 9.55. The smallest absolute Gasteiger partial charge is 0.282 e. The summed E-state index contributed by atoms with van der Waals surface area (Å²) in [6.45, 7) is 3.27. The van der Waals surface area contributed by atoms with E-state index in [4.69, 9.17) is 20.3 Å². The third-order valence-electron chi connectivity index (χ3n) is 5.24. The molecule has 0 aromatic carbocycles. The van der Waals surface area contributed by atoms with E-state index in [1.54, 1.807) is 12.4 Å². The van der Waals surface area contributed by atoms with E-state index in [-0.39, 0.29) is 30.6 Å². The van der Waals surface area contributed by atoms with Crippen molar-refractivity contribution in [3.05, 3.63) is 41.2 Å². The van der Waals surface area contributed by atoms with E-state index in [1.807, 2.05) is 13.0 Å². The molecule has 3 aromatic heterocycles. The summed E-state index contributed by atoms with van der Waals surface area (Å²) in [5.41, 5.74) is 11.0. The van der Waals surface area contributed by atoms with Crippen LogP contribution in [-0.2, 0) is 4.84 Å². The molecule has 1 fully saturated rings. The lowest BCUT2D eigenvalue weighted by Crippen LogP contribution is -2.28. The van der Waals surface area contributed by atoms with Crippen molar-refractivity contribution in [2.24, 2.45) is 0 Å². The maximum Gasteiger partial charge on any atom is 0.282 e. The molecule has 5 heterocycles. The quantitative estimate of drug-likeness (QED) is 0.586. The predicted molar refractivity (Wildman–Crippen MR) is 105 cm³/mol. The standard InChI is InChI=1S/C19H21N7O3/c1-11-9-12-13-3-2-5-25(13)14-4-6-26-17(22-14)15(16(20)23-26)18(27)24-29-8-7-28-19(12)21-10-11/h4,6,9-10,13H,2-3,5,7-8H2,1H3,(H2,20,23)(H,24,27). The zero-order valence-electron chi connectivity index (χ0n) is 16.0. The molecular weight excluding hydrogens is 374 g/mol.